The normalized spacial score (nSPS) is 15.7. The summed E-state index contributed by atoms with van der Waals surface area (Å²) in [6.07, 6.45) is 4.74. The molecular weight excluding hydrogens is 250 g/mol. The van der Waals surface area contributed by atoms with Crippen LogP contribution in [0.25, 0.3) is 0 Å². The fourth-order valence-electron chi connectivity index (χ4n) is 2.75. The molecule has 110 valence electrons. The Morgan fingerprint density at radius 1 is 1.35 bits per heavy atom. The van der Waals surface area contributed by atoms with E-state index in [1.807, 2.05) is 24.3 Å². The van der Waals surface area contributed by atoms with E-state index >= 15 is 0 Å². The summed E-state index contributed by atoms with van der Waals surface area (Å²) < 4.78 is 0. The van der Waals surface area contributed by atoms with Gasteiger partial charge in [0.15, 0.2) is 0 Å². The van der Waals surface area contributed by atoms with E-state index in [4.69, 9.17) is 5.73 Å². The van der Waals surface area contributed by atoms with E-state index < -0.39 is 0 Å². The fraction of sp³-hybridized carbons (Fsp3) is 0.562. The topological polar surface area (TPSA) is 58.4 Å². The van der Waals surface area contributed by atoms with Crippen molar-refractivity contribution >= 4 is 11.6 Å². The van der Waals surface area contributed by atoms with Crippen molar-refractivity contribution in [2.45, 2.75) is 45.2 Å². The molecule has 2 rings (SSSR count). The smallest absolute Gasteiger partial charge is 0.234 e. The molecule has 0 aromatic heterocycles. The van der Waals surface area contributed by atoms with Crippen molar-refractivity contribution in [2.24, 2.45) is 0 Å². The van der Waals surface area contributed by atoms with Crippen LogP contribution in [0.4, 0.5) is 5.69 Å². The quantitative estimate of drug-likeness (QED) is 0.782. The maximum atomic E-state index is 12.1. The lowest BCUT2D eigenvalue weighted by Crippen LogP contribution is -2.41. The second-order valence-electron chi connectivity index (χ2n) is 5.55. The van der Waals surface area contributed by atoms with Gasteiger partial charge in [-0.2, -0.15) is 0 Å². The van der Waals surface area contributed by atoms with Crippen molar-refractivity contribution in [3.05, 3.63) is 29.8 Å². The number of hydrogen-bond donors (Lipinski definition) is 2. The summed E-state index contributed by atoms with van der Waals surface area (Å²) in [6.45, 7) is 4.08. The van der Waals surface area contributed by atoms with Gasteiger partial charge in [0.1, 0.15) is 0 Å². The maximum absolute atomic E-state index is 12.1. The van der Waals surface area contributed by atoms with Crippen molar-refractivity contribution in [1.29, 1.82) is 0 Å². The third kappa shape index (κ3) is 4.23. The molecule has 0 radical (unpaired) electrons. The van der Waals surface area contributed by atoms with E-state index in [0.29, 0.717) is 12.6 Å². The molecule has 1 saturated carbocycles. The number of para-hydroxylation sites is 1. The number of likely N-dealkylation sites (N-methyl/N-ethyl adjacent to an activating group) is 1. The predicted octanol–water partition coefficient (Wildman–Crippen LogP) is 2.15. The number of anilines is 1. The molecule has 1 aromatic rings. The van der Waals surface area contributed by atoms with Crippen LogP contribution < -0.4 is 11.1 Å². The number of carbonyl (C=O) groups excluding carboxylic acids is 1. The number of nitrogens with one attached hydrogen (secondary N) is 1. The molecule has 3 N–H and O–H groups in total. The molecule has 0 heterocycles. The van der Waals surface area contributed by atoms with Gasteiger partial charge in [0.2, 0.25) is 5.91 Å². The van der Waals surface area contributed by atoms with Crippen LogP contribution in [-0.2, 0) is 11.3 Å². The lowest BCUT2D eigenvalue weighted by Gasteiger charge is -2.22. The molecule has 1 amide bonds. The molecule has 4 heteroatoms. The Hall–Kier alpha value is -1.55. The summed E-state index contributed by atoms with van der Waals surface area (Å²) in [5.41, 5.74) is 7.84. The van der Waals surface area contributed by atoms with Gasteiger partial charge in [-0.25, -0.2) is 0 Å². The van der Waals surface area contributed by atoms with E-state index in [2.05, 4.69) is 17.1 Å². The zero-order chi connectivity index (χ0) is 14.4. The highest BCUT2D eigenvalue weighted by molar-refractivity contribution is 5.78. The average Bonchev–Trinajstić information content (AvgIpc) is 2.93. The van der Waals surface area contributed by atoms with Gasteiger partial charge >= 0.3 is 0 Å². The van der Waals surface area contributed by atoms with Crippen LogP contribution in [0.3, 0.4) is 0 Å². The van der Waals surface area contributed by atoms with Crippen molar-refractivity contribution in [3.63, 3.8) is 0 Å². The highest BCUT2D eigenvalue weighted by Gasteiger charge is 2.18. The second kappa shape index (κ2) is 7.29. The van der Waals surface area contributed by atoms with Crippen LogP contribution in [0, 0.1) is 0 Å². The summed E-state index contributed by atoms with van der Waals surface area (Å²) in [5.74, 6) is 0.133. The molecule has 1 aliphatic rings. The van der Waals surface area contributed by atoms with Crippen molar-refractivity contribution in [1.82, 2.24) is 10.2 Å². The molecule has 0 atom stereocenters. The number of benzene rings is 1. The minimum atomic E-state index is 0.133. The maximum Gasteiger partial charge on any atom is 0.234 e. The van der Waals surface area contributed by atoms with Gasteiger partial charge in [0.05, 0.1) is 6.54 Å². The number of amides is 1. The van der Waals surface area contributed by atoms with Gasteiger partial charge in [-0.3, -0.25) is 9.69 Å². The first kappa shape index (κ1) is 14.9. The van der Waals surface area contributed by atoms with Crippen LogP contribution >= 0.6 is 0 Å². The number of hydrogen-bond acceptors (Lipinski definition) is 3. The third-order valence-corrected chi connectivity index (χ3v) is 3.98. The zero-order valence-corrected chi connectivity index (χ0v) is 12.3. The van der Waals surface area contributed by atoms with Crippen molar-refractivity contribution in [3.8, 4) is 0 Å². The summed E-state index contributed by atoms with van der Waals surface area (Å²) in [5, 5.41) is 3.13. The Bertz CT molecular complexity index is 441. The minimum Gasteiger partial charge on any atom is -0.398 e. The van der Waals surface area contributed by atoms with Gasteiger partial charge in [-0.05, 0) is 31.0 Å². The Kier molecular flexibility index (Phi) is 5.41. The molecule has 20 heavy (non-hydrogen) atoms. The molecule has 0 saturated heterocycles. The Balaban J connectivity index is 1.85. The second-order valence-corrected chi connectivity index (χ2v) is 5.55. The van der Waals surface area contributed by atoms with Gasteiger partial charge in [0.25, 0.3) is 0 Å². The molecule has 1 aliphatic carbocycles. The molecule has 4 nitrogen and oxygen atoms in total. The lowest BCUT2D eigenvalue weighted by atomic mass is 10.1. The van der Waals surface area contributed by atoms with Crippen molar-refractivity contribution in [2.75, 3.05) is 18.8 Å². The minimum absolute atomic E-state index is 0.133. The first-order valence-electron chi connectivity index (χ1n) is 7.54. The van der Waals surface area contributed by atoms with Crippen LogP contribution in [-0.4, -0.2) is 29.9 Å². The Morgan fingerprint density at radius 3 is 2.70 bits per heavy atom. The van der Waals surface area contributed by atoms with Gasteiger partial charge in [-0.15, -0.1) is 0 Å². The predicted molar refractivity (Wildman–Crippen MR) is 82.2 cm³/mol. The molecule has 0 bridgehead atoms. The SMILES string of the molecule is CCN(CC(=O)NC1CCCC1)Cc1ccccc1N. The number of nitrogens with two attached hydrogens (primary N) is 1. The Labute approximate surface area is 121 Å². The first-order chi connectivity index (χ1) is 9.69. The van der Waals surface area contributed by atoms with Crippen LogP contribution in [0.1, 0.15) is 38.2 Å². The first-order valence-corrected chi connectivity index (χ1v) is 7.54. The van der Waals surface area contributed by atoms with Crippen LogP contribution in [0.5, 0.6) is 0 Å². The number of nitrogen functional groups attached to an aromatic ring is 1. The van der Waals surface area contributed by atoms with Gasteiger partial charge in [0, 0.05) is 18.3 Å². The van der Waals surface area contributed by atoms with E-state index in [1.54, 1.807) is 0 Å². The third-order valence-electron chi connectivity index (χ3n) is 3.98. The summed E-state index contributed by atoms with van der Waals surface area (Å²) in [6, 6.07) is 8.23. The summed E-state index contributed by atoms with van der Waals surface area (Å²) >= 11 is 0. The monoisotopic (exact) mass is 275 g/mol. The van der Waals surface area contributed by atoms with Gasteiger partial charge < -0.3 is 11.1 Å². The fourth-order valence-corrected chi connectivity index (χ4v) is 2.75. The standard InChI is InChI=1S/C16H25N3O/c1-2-19(11-13-7-3-6-10-15(13)17)12-16(20)18-14-8-4-5-9-14/h3,6-7,10,14H,2,4-5,8-9,11-12,17H2,1H3,(H,18,20). The van der Waals surface area contributed by atoms with Crippen LogP contribution in [0.15, 0.2) is 24.3 Å². The Morgan fingerprint density at radius 2 is 2.05 bits per heavy atom. The van der Waals surface area contributed by atoms with E-state index in [0.717, 1.165) is 37.2 Å². The van der Waals surface area contributed by atoms with Crippen LogP contribution in [0.2, 0.25) is 0 Å². The lowest BCUT2D eigenvalue weighted by molar-refractivity contribution is -0.123. The molecule has 1 aromatic carbocycles. The average molecular weight is 275 g/mol. The molecule has 0 aliphatic heterocycles. The highest BCUT2D eigenvalue weighted by Crippen LogP contribution is 2.17. The zero-order valence-electron chi connectivity index (χ0n) is 12.3. The van der Waals surface area contributed by atoms with E-state index in [-0.39, 0.29) is 5.91 Å². The highest BCUT2D eigenvalue weighted by atomic mass is 16.2. The summed E-state index contributed by atoms with van der Waals surface area (Å²) in [4.78, 5) is 14.2. The number of nitrogens with zero attached hydrogens (tertiary/aromatic N) is 1. The number of rotatable bonds is 6. The molecule has 1 fully saturated rings. The van der Waals surface area contributed by atoms with Crippen molar-refractivity contribution < 1.29 is 4.79 Å². The van der Waals surface area contributed by atoms with Gasteiger partial charge in [-0.1, -0.05) is 38.0 Å². The largest absolute Gasteiger partial charge is 0.398 e. The van der Waals surface area contributed by atoms with E-state index in [9.17, 15) is 4.79 Å². The molecular formula is C16H25N3O. The summed E-state index contributed by atoms with van der Waals surface area (Å²) in [7, 11) is 0. The number of carbonyl (C=O) groups is 1. The molecule has 0 spiro atoms. The molecule has 0 unspecified atom stereocenters. The van der Waals surface area contributed by atoms with E-state index in [1.165, 1.54) is 12.8 Å².